The third kappa shape index (κ3) is 4.69. The van der Waals surface area contributed by atoms with Crippen molar-refractivity contribution in [3.05, 3.63) is 60.2 Å². The van der Waals surface area contributed by atoms with Crippen molar-refractivity contribution in [2.75, 3.05) is 32.8 Å². The number of halogens is 1. The van der Waals surface area contributed by atoms with E-state index in [-0.39, 0.29) is 25.1 Å². The second-order valence-corrected chi connectivity index (χ2v) is 5.47. The normalized spacial score (nSPS) is 16.4. The smallest absolute Gasteiger partial charge is 0.127 e. The van der Waals surface area contributed by atoms with Gasteiger partial charge in [0.15, 0.2) is 0 Å². The van der Waals surface area contributed by atoms with Gasteiger partial charge in [0.2, 0.25) is 0 Å². The molecule has 1 fully saturated rings. The number of rotatable bonds is 5. The molecule has 4 nitrogen and oxygen atoms in total. The van der Waals surface area contributed by atoms with Gasteiger partial charge in [-0.05, 0) is 29.8 Å². The topological polar surface area (TPSA) is 44.7 Å². The Kier molecular flexibility index (Phi) is 6.86. The molecule has 1 aliphatic heterocycles. The van der Waals surface area contributed by atoms with Gasteiger partial charge < -0.3 is 15.2 Å². The molecule has 0 bridgehead atoms. The van der Waals surface area contributed by atoms with Gasteiger partial charge in [0.05, 0.1) is 12.6 Å². The molecule has 2 aromatic rings. The molecule has 0 amide bonds. The number of benzene rings is 2. The van der Waals surface area contributed by atoms with E-state index in [1.165, 1.54) is 0 Å². The van der Waals surface area contributed by atoms with Crippen LogP contribution in [0.2, 0.25) is 0 Å². The van der Waals surface area contributed by atoms with Gasteiger partial charge in [-0.2, -0.15) is 0 Å². The molecule has 1 heterocycles. The molecule has 0 spiro atoms. The molecule has 2 N–H and O–H groups in total. The number of para-hydroxylation sites is 1. The summed E-state index contributed by atoms with van der Waals surface area (Å²) in [6.07, 6.45) is 0. The first-order valence-corrected chi connectivity index (χ1v) is 7.75. The molecule has 23 heavy (non-hydrogen) atoms. The Labute approximate surface area is 143 Å². The largest absolute Gasteiger partial charge is 0.457 e. The lowest BCUT2D eigenvalue weighted by atomic mass is 10.1. The van der Waals surface area contributed by atoms with Crippen LogP contribution in [0.4, 0.5) is 0 Å². The van der Waals surface area contributed by atoms with E-state index >= 15 is 0 Å². The summed E-state index contributed by atoms with van der Waals surface area (Å²) in [5.74, 6) is 1.64. The zero-order valence-electron chi connectivity index (χ0n) is 13.0. The molecule has 1 aliphatic rings. The number of aliphatic hydroxyl groups excluding tert-OH is 1. The van der Waals surface area contributed by atoms with Crippen LogP contribution in [0.3, 0.4) is 0 Å². The maximum atomic E-state index is 9.74. The number of hydrogen-bond acceptors (Lipinski definition) is 4. The first-order valence-electron chi connectivity index (χ1n) is 7.75. The van der Waals surface area contributed by atoms with Gasteiger partial charge in [-0.3, -0.25) is 4.90 Å². The van der Waals surface area contributed by atoms with Crippen molar-refractivity contribution in [2.24, 2.45) is 0 Å². The van der Waals surface area contributed by atoms with Gasteiger partial charge in [0.1, 0.15) is 11.5 Å². The molecule has 0 unspecified atom stereocenters. The van der Waals surface area contributed by atoms with Crippen LogP contribution in [0.15, 0.2) is 54.6 Å². The second kappa shape index (κ2) is 8.89. The van der Waals surface area contributed by atoms with Crippen LogP contribution in [0, 0.1) is 0 Å². The highest BCUT2D eigenvalue weighted by molar-refractivity contribution is 5.85. The van der Waals surface area contributed by atoms with Crippen molar-refractivity contribution >= 4 is 12.4 Å². The van der Waals surface area contributed by atoms with Crippen LogP contribution >= 0.6 is 12.4 Å². The summed E-state index contributed by atoms with van der Waals surface area (Å²) in [6.45, 7) is 4.03. The number of piperazine rings is 1. The van der Waals surface area contributed by atoms with Crippen molar-refractivity contribution in [1.82, 2.24) is 10.2 Å². The van der Waals surface area contributed by atoms with E-state index < -0.39 is 0 Å². The van der Waals surface area contributed by atoms with Crippen molar-refractivity contribution in [3.63, 3.8) is 0 Å². The number of nitrogens with one attached hydrogen (secondary N) is 1. The molecular formula is C18H23ClN2O2. The average molecular weight is 335 g/mol. The highest BCUT2D eigenvalue weighted by atomic mass is 35.5. The van der Waals surface area contributed by atoms with Gasteiger partial charge >= 0.3 is 0 Å². The van der Waals surface area contributed by atoms with Gasteiger partial charge in [-0.25, -0.2) is 0 Å². The van der Waals surface area contributed by atoms with Crippen LogP contribution in [0.1, 0.15) is 11.6 Å². The minimum atomic E-state index is 0. The molecule has 0 saturated carbocycles. The van der Waals surface area contributed by atoms with Crippen LogP contribution in [0.5, 0.6) is 11.5 Å². The molecule has 124 valence electrons. The Balaban J connectivity index is 0.00000192. The quantitative estimate of drug-likeness (QED) is 0.882. The molecule has 0 radical (unpaired) electrons. The second-order valence-electron chi connectivity index (χ2n) is 5.47. The van der Waals surface area contributed by atoms with Crippen LogP contribution in [0.25, 0.3) is 0 Å². The number of aliphatic hydroxyl groups is 1. The summed E-state index contributed by atoms with van der Waals surface area (Å²) in [4.78, 5) is 2.32. The first kappa shape index (κ1) is 17.8. The molecule has 1 saturated heterocycles. The molecular weight excluding hydrogens is 312 g/mol. The molecule has 1 atom stereocenters. The maximum Gasteiger partial charge on any atom is 0.127 e. The Bertz CT molecular complexity index is 571. The lowest BCUT2D eigenvalue weighted by Gasteiger charge is -2.34. The Morgan fingerprint density at radius 3 is 2.17 bits per heavy atom. The monoisotopic (exact) mass is 334 g/mol. The lowest BCUT2D eigenvalue weighted by Crippen LogP contribution is -2.46. The van der Waals surface area contributed by atoms with Crippen molar-refractivity contribution in [3.8, 4) is 11.5 Å². The van der Waals surface area contributed by atoms with Crippen LogP contribution in [-0.4, -0.2) is 42.8 Å². The fourth-order valence-electron chi connectivity index (χ4n) is 2.81. The minimum absolute atomic E-state index is 0. The molecule has 2 aromatic carbocycles. The van der Waals surface area contributed by atoms with E-state index in [1.807, 2.05) is 54.6 Å². The molecule has 3 rings (SSSR count). The Morgan fingerprint density at radius 1 is 0.957 bits per heavy atom. The van der Waals surface area contributed by atoms with Gasteiger partial charge in [0.25, 0.3) is 0 Å². The summed E-state index contributed by atoms with van der Waals surface area (Å²) in [6, 6.07) is 17.8. The summed E-state index contributed by atoms with van der Waals surface area (Å²) < 4.78 is 5.81. The highest BCUT2D eigenvalue weighted by Gasteiger charge is 2.21. The van der Waals surface area contributed by atoms with E-state index in [4.69, 9.17) is 4.74 Å². The number of nitrogens with zero attached hydrogens (tertiary/aromatic N) is 1. The van der Waals surface area contributed by atoms with Crippen molar-refractivity contribution in [2.45, 2.75) is 6.04 Å². The first-order chi connectivity index (χ1) is 10.9. The van der Waals surface area contributed by atoms with Crippen molar-refractivity contribution < 1.29 is 9.84 Å². The standard InChI is InChI=1S/C18H22N2O2.ClH/c21-14-18(20-12-10-19-11-13-20)15-6-8-17(9-7-15)22-16-4-2-1-3-5-16;/h1-9,18-19,21H,10-14H2;1H/t18-;/m0./s1. The number of hydrogen-bond donors (Lipinski definition) is 2. The van der Waals surface area contributed by atoms with E-state index in [2.05, 4.69) is 10.2 Å². The average Bonchev–Trinajstić information content (AvgIpc) is 2.59. The van der Waals surface area contributed by atoms with Gasteiger partial charge in [-0.1, -0.05) is 30.3 Å². The summed E-state index contributed by atoms with van der Waals surface area (Å²) in [5.41, 5.74) is 1.13. The lowest BCUT2D eigenvalue weighted by molar-refractivity contribution is 0.111. The van der Waals surface area contributed by atoms with E-state index in [0.717, 1.165) is 43.2 Å². The SMILES string of the molecule is Cl.OC[C@@H](c1ccc(Oc2ccccc2)cc1)N1CCNCC1. The highest BCUT2D eigenvalue weighted by Crippen LogP contribution is 2.25. The summed E-state index contributed by atoms with van der Waals surface area (Å²) in [7, 11) is 0. The summed E-state index contributed by atoms with van der Waals surface area (Å²) in [5, 5.41) is 13.1. The third-order valence-electron chi connectivity index (χ3n) is 4.01. The summed E-state index contributed by atoms with van der Waals surface area (Å²) >= 11 is 0. The van der Waals surface area contributed by atoms with E-state index in [1.54, 1.807) is 0 Å². The fraction of sp³-hybridized carbons (Fsp3) is 0.333. The van der Waals surface area contributed by atoms with Crippen LogP contribution in [-0.2, 0) is 0 Å². The zero-order chi connectivity index (χ0) is 15.2. The predicted octanol–water partition coefficient (Wildman–Crippen LogP) is 2.84. The molecule has 0 aliphatic carbocycles. The third-order valence-corrected chi connectivity index (χ3v) is 4.01. The van der Waals surface area contributed by atoms with Gasteiger partial charge in [0, 0.05) is 26.2 Å². The Hall–Kier alpha value is -1.59. The van der Waals surface area contributed by atoms with Crippen molar-refractivity contribution in [1.29, 1.82) is 0 Å². The van der Waals surface area contributed by atoms with E-state index in [0.29, 0.717) is 0 Å². The zero-order valence-corrected chi connectivity index (χ0v) is 13.8. The molecule has 5 heteroatoms. The Morgan fingerprint density at radius 2 is 1.57 bits per heavy atom. The number of ether oxygens (including phenoxy) is 1. The predicted molar refractivity (Wildman–Crippen MR) is 94.5 cm³/mol. The molecule has 0 aromatic heterocycles. The van der Waals surface area contributed by atoms with Gasteiger partial charge in [-0.15, -0.1) is 12.4 Å². The minimum Gasteiger partial charge on any atom is -0.457 e. The van der Waals surface area contributed by atoms with Crippen LogP contribution < -0.4 is 10.1 Å². The van der Waals surface area contributed by atoms with E-state index in [9.17, 15) is 5.11 Å². The fourth-order valence-corrected chi connectivity index (χ4v) is 2.81. The maximum absolute atomic E-state index is 9.74.